The molecule has 1 unspecified atom stereocenters. The van der Waals surface area contributed by atoms with Crippen molar-refractivity contribution in [2.24, 2.45) is 0 Å². The second-order valence-electron chi connectivity index (χ2n) is 6.32. The molecule has 0 fully saturated rings. The highest BCUT2D eigenvalue weighted by atomic mass is 32.2. The third kappa shape index (κ3) is 5.77. The Morgan fingerprint density at radius 2 is 1.85 bits per heavy atom. The fraction of sp³-hybridized carbons (Fsp3) is 0.529. The van der Waals surface area contributed by atoms with Gasteiger partial charge < -0.3 is 10.4 Å². The Balaban J connectivity index is 2.60. The molecule has 0 radical (unpaired) electrons. The van der Waals surface area contributed by atoms with Crippen molar-refractivity contribution in [1.29, 1.82) is 0 Å². The maximum atomic E-state index is 12.9. The highest BCUT2D eigenvalue weighted by Crippen LogP contribution is 2.16. The maximum absolute atomic E-state index is 12.9. The molecular formula is C17H25FN2O5S. The molecule has 0 spiro atoms. The molecule has 1 aromatic carbocycles. The zero-order valence-electron chi connectivity index (χ0n) is 15.2. The van der Waals surface area contributed by atoms with Crippen molar-refractivity contribution in [2.75, 3.05) is 13.6 Å². The van der Waals surface area contributed by atoms with E-state index < -0.39 is 33.3 Å². The van der Waals surface area contributed by atoms with Gasteiger partial charge in [-0.05, 0) is 44.0 Å². The molecule has 0 aliphatic carbocycles. The number of nitrogens with zero attached hydrogens (tertiary/aromatic N) is 1. The lowest BCUT2D eigenvalue weighted by Gasteiger charge is -2.26. The van der Waals surface area contributed by atoms with Gasteiger partial charge >= 0.3 is 5.97 Å². The lowest BCUT2D eigenvalue weighted by atomic mass is 9.96. The van der Waals surface area contributed by atoms with E-state index in [1.807, 2.05) is 6.92 Å². The molecule has 2 N–H and O–H groups in total. The molecule has 0 heterocycles. The molecule has 146 valence electrons. The minimum atomic E-state index is -3.77. The van der Waals surface area contributed by atoms with Crippen molar-refractivity contribution in [1.82, 2.24) is 9.62 Å². The number of carbonyl (C=O) groups excluding carboxylic acids is 1. The van der Waals surface area contributed by atoms with Crippen LogP contribution in [0.15, 0.2) is 29.2 Å². The van der Waals surface area contributed by atoms with Crippen LogP contribution in [-0.4, -0.2) is 48.8 Å². The van der Waals surface area contributed by atoms with E-state index in [9.17, 15) is 27.5 Å². The summed E-state index contributed by atoms with van der Waals surface area (Å²) in [7, 11) is -2.40. The van der Waals surface area contributed by atoms with Crippen LogP contribution in [0.1, 0.15) is 39.5 Å². The number of hydrogen-bond acceptors (Lipinski definition) is 4. The van der Waals surface area contributed by atoms with Gasteiger partial charge in [0.1, 0.15) is 11.4 Å². The molecule has 0 bridgehead atoms. The molecule has 0 aliphatic heterocycles. The fourth-order valence-corrected chi connectivity index (χ4v) is 3.67. The second kappa shape index (κ2) is 9.09. The van der Waals surface area contributed by atoms with E-state index in [4.69, 9.17) is 0 Å². The first kappa shape index (κ1) is 22.0. The minimum Gasteiger partial charge on any atom is -0.480 e. The van der Waals surface area contributed by atoms with Crippen molar-refractivity contribution < 1.29 is 27.5 Å². The van der Waals surface area contributed by atoms with Crippen LogP contribution in [0.4, 0.5) is 4.39 Å². The Labute approximate surface area is 153 Å². The van der Waals surface area contributed by atoms with E-state index in [1.54, 1.807) is 0 Å². The molecule has 1 rings (SSSR count). The van der Waals surface area contributed by atoms with Crippen LogP contribution in [0.3, 0.4) is 0 Å². The van der Waals surface area contributed by atoms with E-state index >= 15 is 0 Å². The molecule has 1 amide bonds. The Hall–Kier alpha value is -2.00. The highest BCUT2D eigenvalue weighted by molar-refractivity contribution is 7.89. The first-order valence-electron chi connectivity index (χ1n) is 8.29. The number of carboxylic acids is 1. The predicted octanol–water partition coefficient (Wildman–Crippen LogP) is 1.99. The van der Waals surface area contributed by atoms with Crippen LogP contribution in [0, 0.1) is 5.82 Å². The highest BCUT2D eigenvalue weighted by Gasteiger charge is 2.33. The number of carbonyl (C=O) groups is 2. The van der Waals surface area contributed by atoms with Crippen LogP contribution in [0.2, 0.25) is 0 Å². The third-order valence-electron chi connectivity index (χ3n) is 4.04. The first-order valence-corrected chi connectivity index (χ1v) is 9.73. The third-order valence-corrected chi connectivity index (χ3v) is 5.91. The van der Waals surface area contributed by atoms with E-state index in [0.717, 1.165) is 16.4 Å². The standard InChI is InChI=1S/C17H25FN2O5S/c1-4-11-17(2,16(22)23)19-15(21)6-5-12-20(3)26(24,25)14-9-7-13(18)8-10-14/h7-10H,4-6,11-12H2,1-3H3,(H,19,21)(H,22,23). The van der Waals surface area contributed by atoms with Gasteiger partial charge in [0.05, 0.1) is 4.90 Å². The number of halogens is 1. The zero-order valence-corrected chi connectivity index (χ0v) is 16.0. The molecule has 0 aromatic heterocycles. The summed E-state index contributed by atoms with van der Waals surface area (Å²) in [5.74, 6) is -2.09. The van der Waals surface area contributed by atoms with Crippen molar-refractivity contribution in [3.63, 3.8) is 0 Å². The largest absolute Gasteiger partial charge is 0.480 e. The van der Waals surface area contributed by atoms with Gasteiger partial charge in [-0.2, -0.15) is 0 Å². The number of nitrogens with one attached hydrogen (secondary N) is 1. The summed E-state index contributed by atoms with van der Waals surface area (Å²) in [6, 6.07) is 4.48. The quantitative estimate of drug-likeness (QED) is 0.638. The summed E-state index contributed by atoms with van der Waals surface area (Å²) in [5, 5.41) is 11.7. The number of benzene rings is 1. The molecular weight excluding hydrogens is 363 g/mol. The van der Waals surface area contributed by atoms with Crippen LogP contribution in [0.5, 0.6) is 0 Å². The molecule has 9 heteroatoms. The van der Waals surface area contributed by atoms with E-state index in [0.29, 0.717) is 12.8 Å². The van der Waals surface area contributed by atoms with Crippen LogP contribution in [-0.2, 0) is 19.6 Å². The number of aliphatic carboxylic acids is 1. The summed E-state index contributed by atoms with van der Waals surface area (Å²) in [6.45, 7) is 3.34. The Bertz CT molecular complexity index is 736. The topological polar surface area (TPSA) is 104 Å². The number of rotatable bonds is 10. The summed E-state index contributed by atoms with van der Waals surface area (Å²) in [6.07, 6.45) is 1.12. The van der Waals surface area contributed by atoms with Gasteiger partial charge in [0, 0.05) is 20.0 Å². The van der Waals surface area contributed by atoms with Crippen molar-refractivity contribution in [3.8, 4) is 0 Å². The molecule has 7 nitrogen and oxygen atoms in total. The van der Waals surface area contributed by atoms with Gasteiger partial charge in [0.2, 0.25) is 15.9 Å². The summed E-state index contributed by atoms with van der Waals surface area (Å²) in [4.78, 5) is 23.3. The Kier molecular flexibility index (Phi) is 7.70. The van der Waals surface area contributed by atoms with Crippen molar-refractivity contribution in [2.45, 2.75) is 50.0 Å². The smallest absolute Gasteiger partial charge is 0.329 e. The van der Waals surface area contributed by atoms with E-state index in [2.05, 4.69) is 5.32 Å². The number of sulfonamides is 1. The van der Waals surface area contributed by atoms with Gasteiger partial charge in [-0.15, -0.1) is 0 Å². The summed E-state index contributed by atoms with van der Waals surface area (Å²) < 4.78 is 38.7. The molecule has 1 aromatic rings. The average molecular weight is 388 g/mol. The molecule has 0 aliphatic rings. The van der Waals surface area contributed by atoms with Crippen LogP contribution in [0.25, 0.3) is 0 Å². The molecule has 1 atom stereocenters. The predicted molar refractivity (Wildman–Crippen MR) is 94.5 cm³/mol. The second-order valence-corrected chi connectivity index (χ2v) is 8.36. The monoisotopic (exact) mass is 388 g/mol. The lowest BCUT2D eigenvalue weighted by Crippen LogP contribution is -2.52. The lowest BCUT2D eigenvalue weighted by molar-refractivity contribution is -0.147. The zero-order chi connectivity index (χ0) is 20.0. The van der Waals surface area contributed by atoms with E-state index in [-0.39, 0.29) is 24.3 Å². The fourth-order valence-electron chi connectivity index (χ4n) is 2.46. The van der Waals surface area contributed by atoms with Gasteiger partial charge in [0.25, 0.3) is 0 Å². The van der Waals surface area contributed by atoms with Crippen LogP contribution >= 0.6 is 0 Å². The first-order chi connectivity index (χ1) is 12.0. The SMILES string of the molecule is CCCC(C)(NC(=O)CCCN(C)S(=O)(=O)c1ccc(F)cc1)C(=O)O. The molecule has 0 saturated heterocycles. The van der Waals surface area contributed by atoms with Gasteiger partial charge in [-0.25, -0.2) is 21.9 Å². The van der Waals surface area contributed by atoms with Crippen molar-refractivity contribution >= 4 is 21.9 Å². The summed E-state index contributed by atoms with van der Waals surface area (Å²) in [5.41, 5.74) is -1.34. The number of amides is 1. The van der Waals surface area contributed by atoms with Crippen LogP contribution < -0.4 is 5.32 Å². The molecule has 0 saturated carbocycles. The van der Waals surface area contributed by atoms with Crippen molar-refractivity contribution in [3.05, 3.63) is 30.1 Å². The number of carboxylic acid groups (broad SMARTS) is 1. The molecule has 26 heavy (non-hydrogen) atoms. The summed E-state index contributed by atoms with van der Waals surface area (Å²) >= 11 is 0. The normalized spacial score (nSPS) is 14.0. The van der Waals surface area contributed by atoms with Gasteiger partial charge in [0.15, 0.2) is 0 Å². The number of hydrogen-bond donors (Lipinski definition) is 2. The van der Waals surface area contributed by atoms with Gasteiger partial charge in [-0.3, -0.25) is 4.79 Å². The van der Waals surface area contributed by atoms with E-state index in [1.165, 1.54) is 26.1 Å². The Morgan fingerprint density at radius 1 is 1.27 bits per heavy atom. The van der Waals surface area contributed by atoms with Gasteiger partial charge in [-0.1, -0.05) is 13.3 Å². The average Bonchev–Trinajstić information content (AvgIpc) is 2.55. The maximum Gasteiger partial charge on any atom is 0.329 e. The minimum absolute atomic E-state index is 0.00411. The Morgan fingerprint density at radius 3 is 2.35 bits per heavy atom.